The number of rotatable bonds is 1. The molecule has 0 spiro atoms. The number of nitrogens with zero attached hydrogens (tertiary/aromatic N) is 1. The normalized spacial score (nSPS) is 23.6. The summed E-state index contributed by atoms with van der Waals surface area (Å²) in [7, 11) is 0. The molecule has 78 valence electrons. The molecule has 0 bridgehead atoms. The highest BCUT2D eigenvalue weighted by Crippen LogP contribution is 2.30. The Morgan fingerprint density at radius 2 is 2.07 bits per heavy atom. The predicted molar refractivity (Wildman–Crippen MR) is 53.1 cm³/mol. The largest absolute Gasteiger partial charge is 0.386 e. The quantitative estimate of drug-likeness (QED) is 0.531. The van der Waals surface area contributed by atoms with E-state index in [9.17, 15) is 20.3 Å². The summed E-state index contributed by atoms with van der Waals surface area (Å²) in [6, 6.07) is 4.21. The van der Waals surface area contributed by atoms with Crippen LogP contribution in [0, 0.1) is 10.1 Å². The van der Waals surface area contributed by atoms with Crippen LogP contribution in [0.3, 0.4) is 0 Å². The molecule has 1 aromatic rings. The van der Waals surface area contributed by atoms with E-state index in [1.54, 1.807) is 12.1 Å². The lowest BCUT2D eigenvalue weighted by Gasteiger charge is -2.21. The second-order valence-electron chi connectivity index (χ2n) is 3.36. The summed E-state index contributed by atoms with van der Waals surface area (Å²) in [6.45, 7) is 0. The topological polar surface area (TPSA) is 83.6 Å². The van der Waals surface area contributed by atoms with Gasteiger partial charge >= 0.3 is 0 Å². The van der Waals surface area contributed by atoms with Gasteiger partial charge in [0.05, 0.1) is 4.92 Å². The van der Waals surface area contributed by atoms with Crippen molar-refractivity contribution in [3.8, 4) is 0 Å². The van der Waals surface area contributed by atoms with Crippen LogP contribution in [0.5, 0.6) is 0 Å². The van der Waals surface area contributed by atoms with Gasteiger partial charge in [-0.1, -0.05) is 12.2 Å². The van der Waals surface area contributed by atoms with E-state index in [0.717, 1.165) is 0 Å². The highest BCUT2D eigenvalue weighted by Gasteiger charge is 2.24. The first-order chi connectivity index (χ1) is 7.09. The molecule has 0 saturated heterocycles. The molecule has 15 heavy (non-hydrogen) atoms. The Kier molecular flexibility index (Phi) is 2.26. The molecule has 0 heterocycles. The van der Waals surface area contributed by atoms with Crippen molar-refractivity contribution in [3.63, 3.8) is 0 Å². The third kappa shape index (κ3) is 1.62. The number of aliphatic hydroxyl groups is 2. The fourth-order valence-corrected chi connectivity index (χ4v) is 1.58. The number of hydrogen-bond donors (Lipinski definition) is 2. The van der Waals surface area contributed by atoms with Crippen molar-refractivity contribution >= 4 is 11.8 Å². The van der Waals surface area contributed by atoms with Crippen LogP contribution in [-0.2, 0) is 0 Å². The Morgan fingerprint density at radius 3 is 2.73 bits per heavy atom. The molecule has 0 fully saturated rings. The van der Waals surface area contributed by atoms with Gasteiger partial charge < -0.3 is 10.2 Å². The molecule has 1 aromatic carbocycles. The maximum absolute atomic E-state index is 10.5. The van der Waals surface area contributed by atoms with Gasteiger partial charge in [0.25, 0.3) is 5.69 Å². The van der Waals surface area contributed by atoms with Crippen LogP contribution in [-0.4, -0.2) is 21.2 Å². The fourth-order valence-electron chi connectivity index (χ4n) is 1.58. The lowest BCUT2D eigenvalue weighted by atomic mass is 9.92. The monoisotopic (exact) mass is 207 g/mol. The second kappa shape index (κ2) is 3.45. The average Bonchev–Trinajstić information content (AvgIpc) is 2.23. The first-order valence-electron chi connectivity index (χ1n) is 4.42. The van der Waals surface area contributed by atoms with Crippen LogP contribution in [0.15, 0.2) is 24.3 Å². The zero-order chi connectivity index (χ0) is 11.0. The number of aliphatic hydroxyl groups excluding tert-OH is 2. The van der Waals surface area contributed by atoms with Crippen molar-refractivity contribution in [2.75, 3.05) is 0 Å². The van der Waals surface area contributed by atoms with Crippen LogP contribution >= 0.6 is 0 Å². The zero-order valence-electron chi connectivity index (χ0n) is 7.70. The highest BCUT2D eigenvalue weighted by molar-refractivity contribution is 5.60. The molecule has 0 aromatic heterocycles. The SMILES string of the molecule is O=[N+]([O-])c1ccc2c(c1)C(O)C(O)C=C2. The van der Waals surface area contributed by atoms with Gasteiger partial charge in [-0.3, -0.25) is 10.1 Å². The molecule has 0 saturated carbocycles. The summed E-state index contributed by atoms with van der Waals surface area (Å²) < 4.78 is 0. The van der Waals surface area contributed by atoms with Crippen molar-refractivity contribution in [1.29, 1.82) is 0 Å². The van der Waals surface area contributed by atoms with E-state index in [1.165, 1.54) is 18.2 Å². The molecule has 5 nitrogen and oxygen atoms in total. The molecule has 2 rings (SSSR count). The Labute approximate surface area is 85.4 Å². The van der Waals surface area contributed by atoms with E-state index >= 15 is 0 Å². The molecule has 1 aliphatic rings. The molecule has 0 amide bonds. The maximum atomic E-state index is 10.5. The van der Waals surface area contributed by atoms with Crippen LogP contribution in [0.2, 0.25) is 0 Å². The molecule has 0 radical (unpaired) electrons. The number of nitro groups is 1. The van der Waals surface area contributed by atoms with Crippen molar-refractivity contribution < 1.29 is 15.1 Å². The van der Waals surface area contributed by atoms with E-state index in [2.05, 4.69) is 0 Å². The summed E-state index contributed by atoms with van der Waals surface area (Å²) in [5, 5.41) is 29.5. The van der Waals surface area contributed by atoms with E-state index in [1.807, 2.05) is 0 Å². The minimum absolute atomic E-state index is 0.0877. The number of non-ortho nitro benzene ring substituents is 1. The minimum atomic E-state index is -1.09. The lowest BCUT2D eigenvalue weighted by Crippen LogP contribution is -2.19. The van der Waals surface area contributed by atoms with Crippen LogP contribution in [0.4, 0.5) is 5.69 Å². The van der Waals surface area contributed by atoms with Gasteiger partial charge in [-0.05, 0) is 17.2 Å². The number of benzene rings is 1. The second-order valence-corrected chi connectivity index (χ2v) is 3.36. The summed E-state index contributed by atoms with van der Waals surface area (Å²) in [5.74, 6) is 0. The van der Waals surface area contributed by atoms with Gasteiger partial charge in [0.1, 0.15) is 12.2 Å². The molecule has 2 N–H and O–H groups in total. The molecular formula is C10H9NO4. The molecule has 2 atom stereocenters. The van der Waals surface area contributed by atoms with Gasteiger partial charge in [-0.2, -0.15) is 0 Å². The van der Waals surface area contributed by atoms with Crippen LogP contribution in [0.1, 0.15) is 17.2 Å². The van der Waals surface area contributed by atoms with Crippen molar-refractivity contribution in [1.82, 2.24) is 0 Å². The van der Waals surface area contributed by atoms with Crippen molar-refractivity contribution in [3.05, 3.63) is 45.5 Å². The fraction of sp³-hybridized carbons (Fsp3) is 0.200. The summed E-state index contributed by atoms with van der Waals surface area (Å²) in [5.41, 5.74) is 0.993. The predicted octanol–water partition coefficient (Wildman–Crippen LogP) is 1.02. The number of nitro benzene ring substituents is 1. The first-order valence-corrected chi connectivity index (χ1v) is 4.42. The standard InChI is InChI=1S/C10H9NO4/c12-9-4-2-6-1-3-7(11(14)15)5-8(6)10(9)13/h1-5,9-10,12-13H. The third-order valence-electron chi connectivity index (χ3n) is 2.40. The lowest BCUT2D eigenvalue weighted by molar-refractivity contribution is -0.385. The van der Waals surface area contributed by atoms with E-state index in [4.69, 9.17) is 0 Å². The van der Waals surface area contributed by atoms with Crippen LogP contribution in [0.25, 0.3) is 6.08 Å². The van der Waals surface area contributed by atoms with Crippen LogP contribution < -0.4 is 0 Å². The Bertz CT molecular complexity index is 441. The Hall–Kier alpha value is -1.72. The number of fused-ring (bicyclic) bond motifs is 1. The van der Waals surface area contributed by atoms with Crippen molar-refractivity contribution in [2.24, 2.45) is 0 Å². The van der Waals surface area contributed by atoms with Crippen molar-refractivity contribution in [2.45, 2.75) is 12.2 Å². The minimum Gasteiger partial charge on any atom is -0.386 e. The van der Waals surface area contributed by atoms with Gasteiger partial charge in [0, 0.05) is 12.1 Å². The van der Waals surface area contributed by atoms with E-state index in [0.29, 0.717) is 11.1 Å². The third-order valence-corrected chi connectivity index (χ3v) is 2.40. The maximum Gasteiger partial charge on any atom is 0.269 e. The molecule has 1 aliphatic carbocycles. The Morgan fingerprint density at radius 1 is 1.33 bits per heavy atom. The Balaban J connectivity index is 2.52. The number of hydrogen-bond acceptors (Lipinski definition) is 4. The average molecular weight is 207 g/mol. The smallest absolute Gasteiger partial charge is 0.269 e. The van der Waals surface area contributed by atoms with E-state index < -0.39 is 17.1 Å². The zero-order valence-corrected chi connectivity index (χ0v) is 7.70. The van der Waals surface area contributed by atoms with E-state index in [-0.39, 0.29) is 5.69 Å². The molecule has 0 aliphatic heterocycles. The van der Waals surface area contributed by atoms with Gasteiger partial charge in [-0.15, -0.1) is 0 Å². The molecule has 2 unspecified atom stereocenters. The molecule has 5 heteroatoms. The first kappa shape index (κ1) is 9.82. The highest BCUT2D eigenvalue weighted by atomic mass is 16.6. The summed E-state index contributed by atoms with van der Waals surface area (Å²) >= 11 is 0. The van der Waals surface area contributed by atoms with Gasteiger partial charge in [0.15, 0.2) is 0 Å². The summed E-state index contributed by atoms with van der Waals surface area (Å²) in [6.07, 6.45) is 0.999. The van der Waals surface area contributed by atoms with Gasteiger partial charge in [0.2, 0.25) is 0 Å². The summed E-state index contributed by atoms with van der Waals surface area (Å²) in [4.78, 5) is 9.99. The van der Waals surface area contributed by atoms with Gasteiger partial charge in [-0.25, -0.2) is 0 Å². The molecular weight excluding hydrogens is 198 g/mol.